The maximum atomic E-state index is 12.1. The molecule has 0 bridgehead atoms. The second-order valence-corrected chi connectivity index (χ2v) is 4.58. The van der Waals surface area contributed by atoms with E-state index in [0.29, 0.717) is 18.8 Å². The molecule has 7 heteroatoms. The summed E-state index contributed by atoms with van der Waals surface area (Å²) < 4.78 is 5.23. The molecule has 0 spiro atoms. The summed E-state index contributed by atoms with van der Waals surface area (Å²) in [5.74, 6) is -0.251. The molecule has 3 N–H and O–H groups in total. The number of nitro groups is 1. The van der Waals surface area contributed by atoms with E-state index in [1.54, 1.807) is 13.0 Å². The van der Waals surface area contributed by atoms with E-state index in [2.05, 4.69) is 5.32 Å². The van der Waals surface area contributed by atoms with Gasteiger partial charge in [-0.25, -0.2) is 0 Å². The molecule has 1 aromatic rings. The molecule has 0 aliphatic rings. The summed E-state index contributed by atoms with van der Waals surface area (Å²) in [6, 6.07) is 4.36. The minimum absolute atomic E-state index is 0.156. The number of nitrogens with two attached hydrogens (primary N) is 1. The summed E-state index contributed by atoms with van der Waals surface area (Å²) in [7, 11) is 0. The first-order valence-electron chi connectivity index (χ1n) is 6.95. The number of hydrogen-bond donors (Lipinski definition) is 2. The molecule has 0 heterocycles. The zero-order valence-electron chi connectivity index (χ0n) is 12.3. The van der Waals surface area contributed by atoms with Gasteiger partial charge in [-0.2, -0.15) is 0 Å². The third kappa shape index (κ3) is 4.71. The molecule has 0 saturated carbocycles. The van der Waals surface area contributed by atoms with Gasteiger partial charge in [0.25, 0.3) is 5.69 Å². The van der Waals surface area contributed by atoms with Crippen LogP contribution in [-0.2, 0) is 4.79 Å². The Morgan fingerprint density at radius 1 is 1.48 bits per heavy atom. The highest BCUT2D eigenvalue weighted by molar-refractivity contribution is 5.95. The van der Waals surface area contributed by atoms with Crippen molar-refractivity contribution in [2.45, 2.75) is 26.7 Å². The number of rotatable bonds is 8. The van der Waals surface area contributed by atoms with Crippen LogP contribution in [0.4, 0.5) is 11.4 Å². The summed E-state index contributed by atoms with van der Waals surface area (Å²) in [5, 5.41) is 13.7. The first-order chi connectivity index (χ1) is 10.0. The first kappa shape index (κ1) is 16.9. The Labute approximate surface area is 123 Å². The minimum Gasteiger partial charge on any atom is -0.494 e. The van der Waals surface area contributed by atoms with Crippen molar-refractivity contribution in [1.29, 1.82) is 0 Å². The zero-order valence-corrected chi connectivity index (χ0v) is 12.3. The third-order valence-corrected chi connectivity index (χ3v) is 3.03. The second kappa shape index (κ2) is 8.21. The zero-order chi connectivity index (χ0) is 15.8. The predicted molar refractivity (Wildman–Crippen MR) is 80.3 cm³/mol. The number of nitrogens with zero attached hydrogens (tertiary/aromatic N) is 1. The van der Waals surface area contributed by atoms with Gasteiger partial charge >= 0.3 is 0 Å². The number of nitrogens with one attached hydrogen (secondary N) is 1. The first-order valence-corrected chi connectivity index (χ1v) is 6.95. The fraction of sp³-hybridized carbons (Fsp3) is 0.500. The Morgan fingerprint density at radius 3 is 2.71 bits per heavy atom. The van der Waals surface area contributed by atoms with E-state index in [0.717, 1.165) is 6.42 Å². The number of ether oxygens (including phenoxy) is 1. The van der Waals surface area contributed by atoms with Gasteiger partial charge in [0, 0.05) is 6.54 Å². The molecule has 0 aliphatic carbocycles. The highest BCUT2D eigenvalue weighted by Crippen LogP contribution is 2.29. The summed E-state index contributed by atoms with van der Waals surface area (Å²) >= 11 is 0. The lowest BCUT2D eigenvalue weighted by Gasteiger charge is -2.14. The van der Waals surface area contributed by atoms with E-state index >= 15 is 0 Å². The average Bonchev–Trinajstić information content (AvgIpc) is 2.46. The Bertz CT molecular complexity index is 505. The summed E-state index contributed by atoms with van der Waals surface area (Å²) in [6.07, 6.45) is 1.47. The van der Waals surface area contributed by atoms with Crippen LogP contribution in [0.5, 0.6) is 5.75 Å². The Hall–Kier alpha value is -2.15. The molecule has 0 radical (unpaired) electrons. The van der Waals surface area contributed by atoms with Crippen molar-refractivity contribution in [3.8, 4) is 5.75 Å². The van der Waals surface area contributed by atoms with E-state index < -0.39 is 4.92 Å². The molecule has 1 rings (SSSR count). The molecule has 0 fully saturated rings. The van der Waals surface area contributed by atoms with Crippen molar-refractivity contribution in [1.82, 2.24) is 0 Å². The van der Waals surface area contributed by atoms with Crippen molar-refractivity contribution < 1.29 is 14.5 Å². The van der Waals surface area contributed by atoms with Gasteiger partial charge in [0.15, 0.2) is 0 Å². The highest BCUT2D eigenvalue weighted by atomic mass is 16.6. The van der Waals surface area contributed by atoms with Gasteiger partial charge < -0.3 is 15.8 Å². The standard InChI is InChI=1S/C14H21N3O4/c1-3-5-10(9-15)14(18)16-12-7-6-11(21-4-2)8-13(12)17(19)20/h6-8,10H,3-5,9,15H2,1-2H3,(H,16,18). The van der Waals surface area contributed by atoms with Crippen LogP contribution in [0, 0.1) is 16.0 Å². The lowest BCUT2D eigenvalue weighted by molar-refractivity contribution is -0.384. The van der Waals surface area contributed by atoms with Crippen LogP contribution in [0.2, 0.25) is 0 Å². The van der Waals surface area contributed by atoms with E-state index in [-0.39, 0.29) is 29.7 Å². The summed E-state index contributed by atoms with van der Waals surface area (Å²) in [4.78, 5) is 22.6. The molecule has 21 heavy (non-hydrogen) atoms. The second-order valence-electron chi connectivity index (χ2n) is 4.58. The van der Waals surface area contributed by atoms with Crippen LogP contribution in [0.1, 0.15) is 26.7 Å². The molecule has 1 atom stereocenters. The topological polar surface area (TPSA) is 107 Å². The lowest BCUT2D eigenvalue weighted by Crippen LogP contribution is -2.29. The monoisotopic (exact) mass is 295 g/mol. The molecule has 7 nitrogen and oxygen atoms in total. The third-order valence-electron chi connectivity index (χ3n) is 3.03. The molecular weight excluding hydrogens is 274 g/mol. The van der Waals surface area contributed by atoms with Gasteiger partial charge in [0.1, 0.15) is 11.4 Å². The van der Waals surface area contributed by atoms with E-state index in [1.165, 1.54) is 12.1 Å². The number of carbonyl (C=O) groups is 1. The fourth-order valence-corrected chi connectivity index (χ4v) is 1.96. The van der Waals surface area contributed by atoms with Crippen molar-refractivity contribution in [3.05, 3.63) is 28.3 Å². The van der Waals surface area contributed by atoms with Gasteiger partial charge in [-0.05, 0) is 25.5 Å². The molecule has 0 aliphatic heterocycles. The van der Waals surface area contributed by atoms with E-state index in [1.807, 2.05) is 6.92 Å². The Morgan fingerprint density at radius 2 is 2.19 bits per heavy atom. The Balaban J connectivity index is 2.96. The lowest BCUT2D eigenvalue weighted by atomic mass is 10.0. The normalized spacial score (nSPS) is 11.8. The molecule has 1 unspecified atom stereocenters. The van der Waals surface area contributed by atoms with Gasteiger partial charge in [-0.15, -0.1) is 0 Å². The molecular formula is C14H21N3O4. The van der Waals surface area contributed by atoms with E-state index in [4.69, 9.17) is 10.5 Å². The Kier molecular flexibility index (Phi) is 6.61. The summed E-state index contributed by atoms with van der Waals surface area (Å²) in [6.45, 7) is 4.37. The number of carbonyl (C=O) groups excluding carboxylic acids is 1. The predicted octanol–water partition coefficient (Wildman–Crippen LogP) is 2.31. The molecule has 1 amide bonds. The van der Waals surface area contributed by atoms with Gasteiger partial charge in [0.05, 0.1) is 23.5 Å². The molecule has 0 saturated heterocycles. The number of anilines is 1. The SMILES string of the molecule is CCCC(CN)C(=O)Nc1ccc(OCC)cc1[N+](=O)[O-]. The maximum Gasteiger partial charge on any atom is 0.296 e. The van der Waals surface area contributed by atoms with Crippen LogP contribution < -0.4 is 15.8 Å². The van der Waals surface area contributed by atoms with Gasteiger partial charge in [0.2, 0.25) is 5.91 Å². The van der Waals surface area contributed by atoms with Crippen molar-refractivity contribution in [2.24, 2.45) is 11.7 Å². The summed E-state index contributed by atoms with van der Waals surface area (Å²) in [5.41, 5.74) is 5.52. The van der Waals surface area contributed by atoms with Crippen LogP contribution in [0.25, 0.3) is 0 Å². The number of benzene rings is 1. The molecule has 116 valence electrons. The van der Waals surface area contributed by atoms with Crippen LogP contribution >= 0.6 is 0 Å². The van der Waals surface area contributed by atoms with Crippen LogP contribution in [-0.4, -0.2) is 24.0 Å². The van der Waals surface area contributed by atoms with Crippen molar-refractivity contribution in [2.75, 3.05) is 18.5 Å². The molecule has 0 aromatic heterocycles. The largest absolute Gasteiger partial charge is 0.494 e. The van der Waals surface area contributed by atoms with Crippen molar-refractivity contribution in [3.63, 3.8) is 0 Å². The van der Waals surface area contributed by atoms with Crippen molar-refractivity contribution >= 4 is 17.3 Å². The molecule has 1 aromatic carbocycles. The maximum absolute atomic E-state index is 12.1. The van der Waals surface area contributed by atoms with Crippen LogP contribution in [0.3, 0.4) is 0 Å². The fourth-order valence-electron chi connectivity index (χ4n) is 1.96. The van der Waals surface area contributed by atoms with Crippen LogP contribution in [0.15, 0.2) is 18.2 Å². The van der Waals surface area contributed by atoms with E-state index in [9.17, 15) is 14.9 Å². The smallest absolute Gasteiger partial charge is 0.296 e. The van der Waals surface area contributed by atoms with Gasteiger partial charge in [-0.3, -0.25) is 14.9 Å². The highest BCUT2D eigenvalue weighted by Gasteiger charge is 2.21. The number of nitro benzene ring substituents is 1. The van der Waals surface area contributed by atoms with Gasteiger partial charge in [-0.1, -0.05) is 13.3 Å². The number of amides is 1. The number of hydrogen-bond acceptors (Lipinski definition) is 5. The minimum atomic E-state index is -0.546. The quantitative estimate of drug-likeness (QED) is 0.565. The average molecular weight is 295 g/mol.